The predicted octanol–water partition coefficient (Wildman–Crippen LogP) is 3.78. The summed E-state index contributed by atoms with van der Waals surface area (Å²) in [5.41, 5.74) is -7.47. The summed E-state index contributed by atoms with van der Waals surface area (Å²) in [6.07, 6.45) is 1.02. The molecule has 4 aliphatic carbocycles. The highest BCUT2D eigenvalue weighted by Crippen LogP contribution is 2.60. The molecule has 8 nitrogen and oxygen atoms in total. The fourth-order valence-corrected chi connectivity index (χ4v) is 7.00. The first-order valence-corrected chi connectivity index (χ1v) is 12.6. The zero-order valence-electron chi connectivity index (χ0n) is 18.2. The van der Waals surface area contributed by atoms with E-state index in [4.69, 9.17) is 14.2 Å². The molecule has 0 spiro atoms. The molecule has 0 saturated heterocycles. The molecule has 194 valence electrons. The van der Waals surface area contributed by atoms with Crippen LogP contribution >= 0.6 is 11.9 Å². The van der Waals surface area contributed by atoms with Crippen molar-refractivity contribution in [2.45, 2.75) is 80.6 Å². The zero-order chi connectivity index (χ0) is 25.7. The van der Waals surface area contributed by atoms with Crippen molar-refractivity contribution >= 4 is 33.9 Å². The van der Waals surface area contributed by atoms with Gasteiger partial charge in [0.1, 0.15) is 5.60 Å². The van der Waals surface area contributed by atoms with Crippen LogP contribution in [-0.4, -0.2) is 48.6 Å². The van der Waals surface area contributed by atoms with Gasteiger partial charge in [-0.25, -0.2) is 18.0 Å². The van der Waals surface area contributed by atoms with Crippen molar-refractivity contribution in [2.75, 3.05) is 0 Å². The van der Waals surface area contributed by atoms with E-state index in [1.165, 1.54) is 13.8 Å². The summed E-state index contributed by atoms with van der Waals surface area (Å²) < 4.78 is 106. The number of alkyl halides is 5. The molecular weight excluding hydrogens is 513 g/mol. The van der Waals surface area contributed by atoms with Gasteiger partial charge in [0.05, 0.1) is 5.60 Å². The SMILES string of the molecule is C=C(C)C(=O)OC(C)OC12CC3CC(CC(OC(=O)C(F)(F)S(=O)(=O)NSC(F)(F)F)(C3)C1)C2. The Labute approximate surface area is 197 Å². The summed E-state index contributed by atoms with van der Waals surface area (Å²) in [6, 6.07) is 0. The van der Waals surface area contributed by atoms with Gasteiger partial charge in [0, 0.05) is 23.9 Å². The first kappa shape index (κ1) is 27.1. The molecule has 0 aromatic rings. The van der Waals surface area contributed by atoms with Crippen LogP contribution in [0.1, 0.15) is 52.4 Å². The highest BCUT2D eigenvalue weighted by molar-refractivity contribution is 8.10. The molecule has 0 aromatic carbocycles. The lowest BCUT2D eigenvalue weighted by molar-refractivity contribution is -0.276. The van der Waals surface area contributed by atoms with Crippen LogP contribution in [0.15, 0.2) is 12.2 Å². The maximum Gasteiger partial charge on any atom is 0.457 e. The van der Waals surface area contributed by atoms with Crippen LogP contribution in [0.3, 0.4) is 0 Å². The van der Waals surface area contributed by atoms with E-state index in [1.54, 1.807) is 0 Å². The summed E-state index contributed by atoms with van der Waals surface area (Å²) in [7, 11) is -6.04. The third-order valence-electron chi connectivity index (χ3n) is 6.14. The average Bonchev–Trinajstić information content (AvgIpc) is 2.63. The van der Waals surface area contributed by atoms with Crippen LogP contribution < -0.4 is 4.13 Å². The van der Waals surface area contributed by atoms with Gasteiger partial charge in [0.25, 0.3) is 10.0 Å². The van der Waals surface area contributed by atoms with Crippen LogP contribution in [0, 0.1) is 11.8 Å². The molecule has 15 heteroatoms. The Bertz CT molecular complexity index is 955. The first-order chi connectivity index (χ1) is 15.4. The molecule has 34 heavy (non-hydrogen) atoms. The number of halogens is 5. The number of carbonyl (C=O) groups is 2. The lowest BCUT2D eigenvalue weighted by Crippen LogP contribution is -2.63. The van der Waals surface area contributed by atoms with E-state index in [2.05, 4.69) is 6.58 Å². The second kappa shape index (κ2) is 8.89. The largest absolute Gasteiger partial charge is 0.457 e. The lowest BCUT2D eigenvalue weighted by Gasteiger charge is -2.60. The molecule has 1 N–H and O–H groups in total. The van der Waals surface area contributed by atoms with Gasteiger partial charge >= 0.3 is 22.7 Å². The minimum Gasteiger partial charge on any atom is -0.454 e. The van der Waals surface area contributed by atoms with E-state index in [0.29, 0.717) is 17.0 Å². The van der Waals surface area contributed by atoms with Gasteiger partial charge < -0.3 is 14.2 Å². The molecule has 4 fully saturated rings. The van der Waals surface area contributed by atoms with Crippen LogP contribution in [0.25, 0.3) is 0 Å². The van der Waals surface area contributed by atoms with Gasteiger partial charge in [-0.15, -0.1) is 4.13 Å². The van der Waals surface area contributed by atoms with E-state index in [1.807, 2.05) is 0 Å². The smallest absolute Gasteiger partial charge is 0.454 e. The second-order valence-electron chi connectivity index (χ2n) is 9.24. The molecule has 4 rings (SSSR count). The topological polar surface area (TPSA) is 108 Å². The fraction of sp³-hybridized carbons (Fsp3) is 0.789. The Kier molecular flexibility index (Phi) is 7.10. The first-order valence-electron chi connectivity index (χ1n) is 10.3. The Morgan fingerprint density at radius 1 is 1.09 bits per heavy atom. The van der Waals surface area contributed by atoms with Crippen molar-refractivity contribution < 1.29 is 54.2 Å². The molecule has 0 amide bonds. The van der Waals surface area contributed by atoms with E-state index in [-0.39, 0.29) is 36.7 Å². The molecule has 4 saturated carbocycles. The van der Waals surface area contributed by atoms with Crippen molar-refractivity contribution in [3.05, 3.63) is 12.2 Å². The number of rotatable bonds is 9. The predicted molar refractivity (Wildman–Crippen MR) is 108 cm³/mol. The Morgan fingerprint density at radius 3 is 2.12 bits per heavy atom. The minimum absolute atomic E-state index is 0.0471. The normalized spacial score (nSPS) is 31.7. The van der Waals surface area contributed by atoms with Crippen LogP contribution in [-0.2, 0) is 33.8 Å². The number of hydrogen-bond donors (Lipinski definition) is 1. The lowest BCUT2D eigenvalue weighted by atomic mass is 9.52. The summed E-state index contributed by atoms with van der Waals surface area (Å²) in [6.45, 7) is 6.40. The van der Waals surface area contributed by atoms with Crippen LogP contribution in [0.2, 0.25) is 0 Å². The maximum atomic E-state index is 14.4. The zero-order valence-corrected chi connectivity index (χ0v) is 19.9. The highest BCUT2D eigenvalue weighted by Gasteiger charge is 2.64. The van der Waals surface area contributed by atoms with Gasteiger partial charge in [-0.3, -0.25) is 0 Å². The number of sulfonamides is 1. The Hall–Kier alpha value is -1.45. The summed E-state index contributed by atoms with van der Waals surface area (Å²) in [5, 5.41) is -5.26. The quantitative estimate of drug-likeness (QED) is 0.156. The minimum atomic E-state index is -6.04. The van der Waals surface area contributed by atoms with Gasteiger partial charge in [-0.05, 0) is 57.8 Å². The molecule has 0 radical (unpaired) electrons. The van der Waals surface area contributed by atoms with E-state index in [0.717, 1.165) is 6.42 Å². The van der Waals surface area contributed by atoms with Crippen molar-refractivity contribution in [3.63, 3.8) is 0 Å². The second-order valence-corrected chi connectivity index (χ2v) is 12.1. The molecule has 4 bridgehead atoms. The molecule has 3 unspecified atom stereocenters. The molecular formula is C19H24F5NO7S2. The molecule has 4 aliphatic rings. The number of nitrogens with one attached hydrogen (secondary N) is 1. The van der Waals surface area contributed by atoms with Gasteiger partial charge in [-0.1, -0.05) is 6.58 Å². The van der Waals surface area contributed by atoms with Crippen molar-refractivity contribution in [1.82, 2.24) is 4.13 Å². The fourth-order valence-electron chi connectivity index (χ4n) is 5.50. The van der Waals surface area contributed by atoms with Gasteiger partial charge in [0.15, 0.2) is 0 Å². The Morgan fingerprint density at radius 2 is 1.62 bits per heavy atom. The molecule has 0 aliphatic heterocycles. The summed E-state index contributed by atoms with van der Waals surface area (Å²) in [4.78, 5) is 24.0. The molecule has 0 heterocycles. The molecule has 3 atom stereocenters. The standard InChI is InChI=1S/C19H24F5NO7S2/c1-10(2)14(26)30-11(3)31-16-5-12-4-13(6-16)8-17(7-12,9-16)32-15(27)18(20,21)34(28,29)25-33-19(22,23)24/h11-13,25H,1,4-9H2,2-3H3. The average molecular weight is 538 g/mol. The third-order valence-corrected chi connectivity index (χ3v) is 8.43. The van der Waals surface area contributed by atoms with Crippen molar-refractivity contribution in [1.29, 1.82) is 0 Å². The van der Waals surface area contributed by atoms with E-state index < -0.39 is 62.2 Å². The van der Waals surface area contributed by atoms with Crippen LogP contribution in [0.5, 0.6) is 0 Å². The van der Waals surface area contributed by atoms with E-state index in [9.17, 15) is 40.0 Å². The highest BCUT2D eigenvalue weighted by atomic mass is 32.3. The summed E-state index contributed by atoms with van der Waals surface area (Å²) in [5.74, 6) is -3.31. The van der Waals surface area contributed by atoms with Crippen molar-refractivity contribution in [3.8, 4) is 0 Å². The van der Waals surface area contributed by atoms with E-state index >= 15 is 0 Å². The van der Waals surface area contributed by atoms with Crippen LogP contribution in [0.4, 0.5) is 22.0 Å². The van der Waals surface area contributed by atoms with Gasteiger partial charge in [-0.2, -0.15) is 22.0 Å². The van der Waals surface area contributed by atoms with Crippen molar-refractivity contribution in [2.24, 2.45) is 11.8 Å². The summed E-state index contributed by atoms with van der Waals surface area (Å²) >= 11 is -1.43. The maximum absolute atomic E-state index is 14.4. The molecule has 0 aromatic heterocycles. The van der Waals surface area contributed by atoms with Gasteiger partial charge in [0.2, 0.25) is 6.29 Å². The third kappa shape index (κ3) is 5.68. The Balaban J connectivity index is 1.75. The number of esters is 2. The number of hydrogen-bond acceptors (Lipinski definition) is 8. The number of carbonyl (C=O) groups excluding carboxylic acids is 2. The number of ether oxygens (including phenoxy) is 3. The monoisotopic (exact) mass is 537 g/mol.